The average molecular weight is 399 g/mol. The minimum Gasteiger partial charge on any atom is -0.484 e. The van der Waals surface area contributed by atoms with Crippen molar-refractivity contribution in [1.82, 2.24) is 15.5 Å². The first-order valence-corrected chi connectivity index (χ1v) is 8.15. The van der Waals surface area contributed by atoms with Crippen LogP contribution in [0, 0.1) is 0 Å². The topological polar surface area (TPSA) is 53.6 Å². The summed E-state index contributed by atoms with van der Waals surface area (Å²) in [6.45, 7) is -0.123. The van der Waals surface area contributed by atoms with Gasteiger partial charge >= 0.3 is 12.4 Å². The smallest absolute Gasteiger partial charge is 0.416 e. The normalized spacial score (nSPS) is 17.4. The Morgan fingerprint density at radius 1 is 1.19 bits per heavy atom. The van der Waals surface area contributed by atoms with Gasteiger partial charge in [-0.1, -0.05) is 6.07 Å². The van der Waals surface area contributed by atoms with Crippen LogP contribution in [0.1, 0.15) is 5.56 Å². The van der Waals surface area contributed by atoms with Crippen molar-refractivity contribution in [3.8, 4) is 5.75 Å². The van der Waals surface area contributed by atoms with Crippen molar-refractivity contribution in [2.45, 2.75) is 18.4 Å². The summed E-state index contributed by atoms with van der Waals surface area (Å²) >= 11 is 0. The number of hydrogen-bond acceptors (Lipinski definition) is 4. The van der Waals surface area contributed by atoms with Crippen LogP contribution in [-0.2, 0) is 11.0 Å². The van der Waals surface area contributed by atoms with Gasteiger partial charge in [0.05, 0.1) is 5.56 Å². The van der Waals surface area contributed by atoms with Crippen molar-refractivity contribution in [1.29, 1.82) is 0 Å². The van der Waals surface area contributed by atoms with Gasteiger partial charge in [0.15, 0.2) is 6.61 Å². The first-order chi connectivity index (χ1) is 12.6. The van der Waals surface area contributed by atoms with Crippen molar-refractivity contribution >= 4 is 5.91 Å². The van der Waals surface area contributed by atoms with Gasteiger partial charge in [0.25, 0.3) is 5.91 Å². The Labute approximate surface area is 151 Å². The number of benzene rings is 1. The Bertz CT molecular complexity index is 629. The van der Waals surface area contributed by atoms with Crippen LogP contribution in [0.25, 0.3) is 0 Å². The lowest BCUT2D eigenvalue weighted by Crippen LogP contribution is -2.57. The summed E-state index contributed by atoms with van der Waals surface area (Å²) in [7, 11) is 0. The molecule has 1 aliphatic rings. The van der Waals surface area contributed by atoms with E-state index < -0.39 is 43.0 Å². The molecule has 0 aliphatic carbocycles. The lowest BCUT2D eigenvalue weighted by atomic mass is 10.2. The SMILES string of the molecule is O=C(COc1cccc(C(F)(F)F)c1)NCC(N1CCNCC1)C(F)(F)F. The van der Waals surface area contributed by atoms with Crippen LogP contribution >= 0.6 is 0 Å². The Hall–Kier alpha value is -2.01. The van der Waals surface area contributed by atoms with Crippen LogP contribution in [-0.4, -0.2) is 62.4 Å². The number of carbonyl (C=O) groups is 1. The molecular formula is C16H19F6N3O2. The van der Waals surface area contributed by atoms with Crippen LogP contribution in [0.15, 0.2) is 24.3 Å². The largest absolute Gasteiger partial charge is 0.484 e. The molecule has 1 heterocycles. The van der Waals surface area contributed by atoms with E-state index in [2.05, 4.69) is 10.6 Å². The number of alkyl halides is 6. The van der Waals surface area contributed by atoms with Gasteiger partial charge in [-0.3, -0.25) is 9.69 Å². The van der Waals surface area contributed by atoms with Crippen molar-refractivity contribution in [3.05, 3.63) is 29.8 Å². The Morgan fingerprint density at radius 2 is 1.85 bits per heavy atom. The molecule has 27 heavy (non-hydrogen) atoms. The fourth-order valence-electron chi connectivity index (χ4n) is 2.62. The van der Waals surface area contributed by atoms with Crippen LogP contribution < -0.4 is 15.4 Å². The maximum atomic E-state index is 13.2. The molecule has 0 saturated carbocycles. The van der Waals surface area contributed by atoms with Gasteiger partial charge in [-0.25, -0.2) is 0 Å². The summed E-state index contributed by atoms with van der Waals surface area (Å²) in [6.07, 6.45) is -9.09. The lowest BCUT2D eigenvalue weighted by Gasteiger charge is -2.35. The molecule has 1 aliphatic heterocycles. The third-order valence-electron chi connectivity index (χ3n) is 3.99. The van der Waals surface area contributed by atoms with E-state index in [-0.39, 0.29) is 18.8 Å². The molecular weight excluding hydrogens is 380 g/mol. The number of piperazine rings is 1. The fraction of sp³-hybridized carbons (Fsp3) is 0.562. The van der Waals surface area contributed by atoms with Crippen LogP contribution in [0.5, 0.6) is 5.75 Å². The third kappa shape index (κ3) is 6.58. The Balaban J connectivity index is 1.87. The molecule has 1 unspecified atom stereocenters. The summed E-state index contributed by atoms with van der Waals surface area (Å²) in [4.78, 5) is 13.0. The molecule has 0 aromatic heterocycles. The number of nitrogens with one attached hydrogen (secondary N) is 2. The van der Waals surface area contributed by atoms with Crippen molar-refractivity contribution in [2.24, 2.45) is 0 Å². The summed E-state index contributed by atoms with van der Waals surface area (Å²) < 4.78 is 82.4. The first kappa shape index (κ1) is 21.3. The van der Waals surface area contributed by atoms with E-state index >= 15 is 0 Å². The van der Waals surface area contributed by atoms with Gasteiger partial charge in [0.2, 0.25) is 0 Å². The zero-order valence-electron chi connectivity index (χ0n) is 14.2. The molecule has 1 fully saturated rings. The predicted octanol–water partition coefficient (Wildman–Crippen LogP) is 2.04. The standard InChI is InChI=1S/C16H19F6N3O2/c17-15(18,19)11-2-1-3-12(8-11)27-10-14(26)24-9-13(16(20,21)22)25-6-4-23-5-7-25/h1-3,8,13,23H,4-7,9-10H2,(H,24,26). The summed E-state index contributed by atoms with van der Waals surface area (Å²) in [5.41, 5.74) is -0.948. The van der Waals surface area contributed by atoms with Gasteiger partial charge < -0.3 is 15.4 Å². The van der Waals surface area contributed by atoms with E-state index in [1.54, 1.807) is 0 Å². The minimum atomic E-state index is -4.56. The van der Waals surface area contributed by atoms with E-state index in [0.717, 1.165) is 12.1 Å². The number of ether oxygens (including phenoxy) is 1. The second kappa shape index (κ2) is 8.79. The van der Waals surface area contributed by atoms with Crippen LogP contribution in [0.4, 0.5) is 26.3 Å². The summed E-state index contributed by atoms with van der Waals surface area (Å²) in [5, 5.41) is 5.08. The maximum absolute atomic E-state index is 13.2. The lowest BCUT2D eigenvalue weighted by molar-refractivity contribution is -0.184. The van der Waals surface area contributed by atoms with Crippen molar-refractivity contribution in [3.63, 3.8) is 0 Å². The minimum absolute atomic E-state index is 0.195. The molecule has 1 aromatic carbocycles. The van der Waals surface area contributed by atoms with Crippen molar-refractivity contribution < 1.29 is 35.9 Å². The maximum Gasteiger partial charge on any atom is 0.416 e. The van der Waals surface area contributed by atoms with E-state index in [1.165, 1.54) is 11.0 Å². The van der Waals surface area contributed by atoms with Gasteiger partial charge in [-0.05, 0) is 18.2 Å². The van der Waals surface area contributed by atoms with Crippen molar-refractivity contribution in [2.75, 3.05) is 39.3 Å². The molecule has 2 N–H and O–H groups in total. The molecule has 1 saturated heterocycles. The summed E-state index contributed by atoms with van der Waals surface area (Å²) in [6, 6.07) is 2.06. The van der Waals surface area contributed by atoms with E-state index in [1.807, 2.05) is 0 Å². The first-order valence-electron chi connectivity index (χ1n) is 8.15. The highest BCUT2D eigenvalue weighted by molar-refractivity contribution is 5.77. The molecule has 1 amide bonds. The summed E-state index contributed by atoms with van der Waals surface area (Å²) in [5.74, 6) is -1.05. The van der Waals surface area contributed by atoms with Crippen LogP contribution in [0.2, 0.25) is 0 Å². The van der Waals surface area contributed by atoms with Gasteiger partial charge in [0.1, 0.15) is 11.8 Å². The van der Waals surface area contributed by atoms with E-state index in [0.29, 0.717) is 19.2 Å². The molecule has 5 nitrogen and oxygen atoms in total. The second-order valence-corrected chi connectivity index (χ2v) is 5.96. The number of carbonyl (C=O) groups excluding carboxylic acids is 1. The third-order valence-corrected chi connectivity index (χ3v) is 3.99. The molecule has 152 valence electrons. The molecule has 1 atom stereocenters. The highest BCUT2D eigenvalue weighted by atomic mass is 19.4. The number of halogens is 6. The highest BCUT2D eigenvalue weighted by Crippen LogP contribution is 2.31. The van der Waals surface area contributed by atoms with Gasteiger partial charge in [-0.2, -0.15) is 26.3 Å². The quantitative estimate of drug-likeness (QED) is 0.719. The number of amides is 1. The molecule has 11 heteroatoms. The zero-order valence-corrected chi connectivity index (χ0v) is 14.2. The second-order valence-electron chi connectivity index (χ2n) is 5.96. The number of rotatable bonds is 6. The van der Waals surface area contributed by atoms with Gasteiger partial charge in [-0.15, -0.1) is 0 Å². The molecule has 0 spiro atoms. The monoisotopic (exact) mass is 399 g/mol. The molecule has 0 bridgehead atoms. The number of hydrogen-bond donors (Lipinski definition) is 2. The zero-order chi connectivity index (χ0) is 20.1. The molecule has 0 radical (unpaired) electrons. The Morgan fingerprint density at radius 3 is 2.44 bits per heavy atom. The molecule has 2 rings (SSSR count). The fourth-order valence-corrected chi connectivity index (χ4v) is 2.62. The number of nitrogens with zero attached hydrogens (tertiary/aromatic N) is 1. The average Bonchev–Trinajstić information content (AvgIpc) is 2.59. The van der Waals surface area contributed by atoms with Crippen LogP contribution in [0.3, 0.4) is 0 Å². The van der Waals surface area contributed by atoms with Gasteiger partial charge in [0, 0.05) is 32.7 Å². The molecule has 1 aromatic rings. The Kier molecular flexibility index (Phi) is 6.93. The highest BCUT2D eigenvalue weighted by Gasteiger charge is 2.43. The van der Waals surface area contributed by atoms with E-state index in [9.17, 15) is 31.1 Å². The predicted molar refractivity (Wildman–Crippen MR) is 84.2 cm³/mol. The van der Waals surface area contributed by atoms with E-state index in [4.69, 9.17) is 4.74 Å².